The highest BCUT2D eigenvalue weighted by molar-refractivity contribution is 7.13. The van der Waals surface area contributed by atoms with Crippen molar-refractivity contribution in [1.29, 1.82) is 0 Å². The minimum atomic E-state index is -1.67. The molecule has 11 heteroatoms. The van der Waals surface area contributed by atoms with Gasteiger partial charge in [0, 0.05) is 48.0 Å². The number of benzene rings is 2. The van der Waals surface area contributed by atoms with Gasteiger partial charge in [-0.2, -0.15) is 0 Å². The van der Waals surface area contributed by atoms with E-state index in [1.54, 1.807) is 11.4 Å². The van der Waals surface area contributed by atoms with Gasteiger partial charge in [-0.05, 0) is 6.07 Å². The average molecular weight is 525 g/mol. The zero-order valence-corrected chi connectivity index (χ0v) is 20.7. The molecule has 192 valence electrons. The number of aliphatic hydroxyl groups excluding tert-OH is 1. The number of aliphatic hydroxyl groups is 2. The number of thiazole rings is 1. The normalized spacial score (nSPS) is 22.9. The van der Waals surface area contributed by atoms with Gasteiger partial charge in [0.05, 0.1) is 48.8 Å². The highest BCUT2D eigenvalue weighted by atomic mass is 32.1. The topological polar surface area (TPSA) is 150 Å². The number of hydrogen-bond donors (Lipinski definition) is 4. The predicted octanol–water partition coefficient (Wildman–Crippen LogP) is 2.04. The number of phenols is 2. The molecule has 0 saturated carbocycles. The number of anilines is 1. The number of rotatable bonds is 3. The number of phenolic OH excluding ortho intramolecular Hbond substituents is 2. The summed E-state index contributed by atoms with van der Waals surface area (Å²) in [7, 11) is 1.36. The van der Waals surface area contributed by atoms with E-state index in [0.717, 1.165) is 0 Å². The lowest BCUT2D eigenvalue weighted by Gasteiger charge is -2.37. The predicted molar refractivity (Wildman–Crippen MR) is 132 cm³/mol. The molecule has 3 aromatic rings. The minimum Gasteiger partial charge on any atom is -0.507 e. The maximum absolute atomic E-state index is 13.4. The van der Waals surface area contributed by atoms with Crippen LogP contribution in [-0.4, -0.2) is 70.4 Å². The molecule has 2 aliphatic carbocycles. The van der Waals surface area contributed by atoms with Gasteiger partial charge in [0.25, 0.3) is 0 Å². The molecule has 0 radical (unpaired) electrons. The van der Waals surface area contributed by atoms with Crippen molar-refractivity contribution in [3.05, 3.63) is 62.7 Å². The summed E-state index contributed by atoms with van der Waals surface area (Å²) in [5, 5.41) is 47.5. The minimum absolute atomic E-state index is 0.00548. The van der Waals surface area contributed by atoms with Gasteiger partial charge in [-0.15, -0.1) is 11.3 Å². The molecule has 2 unspecified atom stereocenters. The summed E-state index contributed by atoms with van der Waals surface area (Å²) in [6.07, 6.45) is -1.87. The fraction of sp³-hybridized carbons (Fsp3) is 0.346. The second kappa shape index (κ2) is 8.52. The van der Waals surface area contributed by atoms with Gasteiger partial charge in [0.15, 0.2) is 10.9 Å². The third-order valence-corrected chi connectivity index (χ3v) is 8.25. The number of fused-ring (bicyclic) bond motifs is 3. The highest BCUT2D eigenvalue weighted by Gasteiger charge is 2.47. The van der Waals surface area contributed by atoms with Crippen LogP contribution in [0.2, 0.25) is 0 Å². The second-order valence-corrected chi connectivity index (χ2v) is 10.3. The molecule has 37 heavy (non-hydrogen) atoms. The van der Waals surface area contributed by atoms with Crippen molar-refractivity contribution in [1.82, 2.24) is 4.98 Å². The SMILES string of the molecule is COc1cccc2c1C(=O)c1c(O)c3c(c(O)c1C2=O)CC(O)(c1csc(N2CCOCC2)n1)CC3O. The molecule has 2 atom stereocenters. The Labute approximate surface area is 215 Å². The van der Waals surface area contributed by atoms with Crippen molar-refractivity contribution in [2.75, 3.05) is 38.3 Å². The number of morpholine rings is 1. The van der Waals surface area contributed by atoms with E-state index in [0.29, 0.717) is 37.1 Å². The Morgan fingerprint density at radius 1 is 1.11 bits per heavy atom. The molecule has 0 bridgehead atoms. The first-order valence-electron chi connectivity index (χ1n) is 11.8. The Morgan fingerprint density at radius 3 is 2.57 bits per heavy atom. The molecule has 2 heterocycles. The third-order valence-electron chi connectivity index (χ3n) is 7.35. The Bertz CT molecular complexity index is 1460. The smallest absolute Gasteiger partial charge is 0.202 e. The molecule has 2 aromatic carbocycles. The van der Waals surface area contributed by atoms with Gasteiger partial charge >= 0.3 is 0 Å². The van der Waals surface area contributed by atoms with Crippen LogP contribution in [0.5, 0.6) is 17.2 Å². The molecule has 3 aliphatic rings. The van der Waals surface area contributed by atoms with E-state index in [-0.39, 0.29) is 52.0 Å². The first-order chi connectivity index (χ1) is 17.7. The Kier molecular flexibility index (Phi) is 5.50. The number of carbonyl (C=O) groups excluding carboxylic acids is 2. The molecular weight excluding hydrogens is 500 g/mol. The van der Waals surface area contributed by atoms with Gasteiger partial charge in [-0.1, -0.05) is 12.1 Å². The molecule has 1 saturated heterocycles. The Balaban J connectivity index is 1.45. The zero-order valence-electron chi connectivity index (χ0n) is 19.9. The highest BCUT2D eigenvalue weighted by Crippen LogP contribution is 2.53. The van der Waals surface area contributed by atoms with E-state index < -0.39 is 34.8 Å². The fourth-order valence-electron chi connectivity index (χ4n) is 5.52. The lowest BCUT2D eigenvalue weighted by Crippen LogP contribution is -2.38. The Morgan fingerprint density at radius 2 is 1.84 bits per heavy atom. The summed E-state index contributed by atoms with van der Waals surface area (Å²) in [5.74, 6) is -2.33. The molecule has 0 amide bonds. The number of ether oxygens (including phenoxy) is 2. The van der Waals surface area contributed by atoms with Gasteiger partial charge < -0.3 is 34.8 Å². The summed E-state index contributed by atoms with van der Waals surface area (Å²) in [4.78, 5) is 33.5. The monoisotopic (exact) mass is 524 g/mol. The quantitative estimate of drug-likeness (QED) is 0.293. The van der Waals surface area contributed by atoms with Gasteiger partial charge in [0.1, 0.15) is 22.8 Å². The summed E-state index contributed by atoms with van der Waals surface area (Å²) in [5.41, 5.74) is -2.15. The van der Waals surface area contributed by atoms with Gasteiger partial charge in [0.2, 0.25) is 5.78 Å². The molecule has 4 N–H and O–H groups in total. The first kappa shape index (κ1) is 23.9. The molecule has 0 spiro atoms. The van der Waals surface area contributed by atoms with E-state index in [4.69, 9.17) is 9.47 Å². The van der Waals surface area contributed by atoms with E-state index >= 15 is 0 Å². The molecule has 1 aliphatic heterocycles. The number of nitrogens with zero attached hydrogens (tertiary/aromatic N) is 2. The van der Waals surface area contributed by atoms with Crippen molar-refractivity contribution in [2.45, 2.75) is 24.5 Å². The van der Waals surface area contributed by atoms with Crippen molar-refractivity contribution in [2.24, 2.45) is 0 Å². The van der Waals surface area contributed by atoms with Gasteiger partial charge in [-0.3, -0.25) is 9.59 Å². The Hall–Kier alpha value is -3.51. The van der Waals surface area contributed by atoms with E-state index in [1.807, 2.05) is 4.90 Å². The zero-order chi connectivity index (χ0) is 26.1. The van der Waals surface area contributed by atoms with Crippen LogP contribution in [0.3, 0.4) is 0 Å². The fourth-order valence-corrected chi connectivity index (χ4v) is 6.49. The van der Waals surface area contributed by atoms with Crippen LogP contribution in [0.4, 0.5) is 5.13 Å². The standard InChI is InChI=1S/C26H24N2O8S/c1-35-15-4-2-3-12-18(15)24(33)20-19(21(12)30)22(31)13-9-26(34,10-14(29)17(13)23(20)32)16-11-37-25(27-16)28-5-7-36-8-6-28/h2-4,11,14,29,31-32,34H,5-10H2,1H3. The molecule has 1 aromatic heterocycles. The van der Waals surface area contributed by atoms with E-state index in [2.05, 4.69) is 4.98 Å². The number of aromatic hydroxyl groups is 2. The van der Waals surface area contributed by atoms with E-state index in [1.165, 1.54) is 30.6 Å². The number of ketones is 2. The lowest BCUT2D eigenvalue weighted by atomic mass is 9.72. The van der Waals surface area contributed by atoms with Crippen molar-refractivity contribution in [3.8, 4) is 17.2 Å². The summed E-state index contributed by atoms with van der Waals surface area (Å²) in [6, 6.07) is 4.53. The second-order valence-electron chi connectivity index (χ2n) is 9.42. The van der Waals surface area contributed by atoms with Crippen molar-refractivity contribution < 1.29 is 39.5 Å². The number of methoxy groups -OCH3 is 1. The number of carbonyl (C=O) groups is 2. The van der Waals surface area contributed by atoms with Crippen molar-refractivity contribution >= 4 is 28.0 Å². The molecule has 1 fully saturated rings. The van der Waals surface area contributed by atoms with Crippen LogP contribution in [-0.2, 0) is 16.8 Å². The maximum atomic E-state index is 13.4. The third kappa shape index (κ3) is 3.46. The maximum Gasteiger partial charge on any atom is 0.202 e. The number of hydrogen-bond acceptors (Lipinski definition) is 11. The molecular formula is C26H24N2O8S. The van der Waals surface area contributed by atoms with Crippen molar-refractivity contribution in [3.63, 3.8) is 0 Å². The molecule has 6 rings (SSSR count). The van der Waals surface area contributed by atoms with E-state index in [9.17, 15) is 30.0 Å². The number of aromatic nitrogens is 1. The van der Waals surface area contributed by atoms with Crippen LogP contribution in [0.15, 0.2) is 23.6 Å². The molecule has 10 nitrogen and oxygen atoms in total. The van der Waals surface area contributed by atoms with Crippen LogP contribution < -0.4 is 9.64 Å². The van der Waals surface area contributed by atoms with Gasteiger partial charge in [-0.25, -0.2) is 4.98 Å². The van der Waals surface area contributed by atoms with Crippen LogP contribution >= 0.6 is 11.3 Å². The van der Waals surface area contributed by atoms with Crippen LogP contribution in [0, 0.1) is 0 Å². The van der Waals surface area contributed by atoms with Crippen LogP contribution in [0.1, 0.15) is 61.2 Å². The summed E-state index contributed by atoms with van der Waals surface area (Å²) in [6.45, 7) is 2.48. The summed E-state index contributed by atoms with van der Waals surface area (Å²) < 4.78 is 10.6. The summed E-state index contributed by atoms with van der Waals surface area (Å²) >= 11 is 1.35. The lowest BCUT2D eigenvalue weighted by molar-refractivity contribution is -0.0307. The van der Waals surface area contributed by atoms with Crippen LogP contribution in [0.25, 0.3) is 0 Å². The largest absolute Gasteiger partial charge is 0.507 e. The average Bonchev–Trinajstić information content (AvgIpc) is 3.40. The first-order valence-corrected chi connectivity index (χ1v) is 12.7.